The smallest absolute Gasteiger partial charge is 0.222 e. The highest BCUT2D eigenvalue weighted by Gasteiger charge is 2.22. The molecule has 3 rings (SSSR count). The molecule has 0 unspecified atom stereocenters. The second-order valence-electron chi connectivity index (χ2n) is 6.81. The first-order valence-corrected chi connectivity index (χ1v) is 9.15. The largest absolute Gasteiger partial charge is 0.494 e. The average molecular weight is 341 g/mol. The van der Waals surface area contributed by atoms with E-state index in [2.05, 4.69) is 12.0 Å². The van der Waals surface area contributed by atoms with Gasteiger partial charge in [-0.15, -0.1) is 0 Å². The molecule has 1 saturated heterocycles. The number of amides is 1. The number of carbonyl (C=O) groups is 1. The zero-order valence-electron chi connectivity index (χ0n) is 15.1. The number of rotatable bonds is 6. The highest BCUT2D eigenvalue weighted by molar-refractivity contribution is 5.76. The molecule has 0 radical (unpaired) electrons. The highest BCUT2D eigenvalue weighted by atomic mass is 16.5. The second-order valence-corrected chi connectivity index (χ2v) is 6.81. The summed E-state index contributed by atoms with van der Waals surface area (Å²) < 4.78 is 7.57. The molecule has 0 aliphatic carbocycles. The summed E-state index contributed by atoms with van der Waals surface area (Å²) in [5.41, 5.74) is 2.21. The molecule has 2 aromatic rings. The summed E-state index contributed by atoms with van der Waals surface area (Å²) in [6, 6.07) is 8.40. The van der Waals surface area contributed by atoms with E-state index in [1.165, 1.54) is 6.42 Å². The summed E-state index contributed by atoms with van der Waals surface area (Å²) in [5, 5.41) is 4.19. The number of hydrogen-bond donors (Lipinski definition) is 0. The van der Waals surface area contributed by atoms with E-state index in [4.69, 9.17) is 4.74 Å². The first-order valence-electron chi connectivity index (χ1n) is 9.15. The summed E-state index contributed by atoms with van der Waals surface area (Å²) in [7, 11) is 1.91. The van der Waals surface area contributed by atoms with Gasteiger partial charge in [0.15, 0.2) is 0 Å². The fourth-order valence-electron chi connectivity index (χ4n) is 3.34. The fraction of sp³-hybridized carbons (Fsp3) is 0.500. The van der Waals surface area contributed by atoms with E-state index in [1.807, 2.05) is 48.6 Å². The topological polar surface area (TPSA) is 47.4 Å². The Kier molecular flexibility index (Phi) is 5.74. The van der Waals surface area contributed by atoms with Gasteiger partial charge in [0, 0.05) is 37.8 Å². The Hall–Kier alpha value is -2.30. The van der Waals surface area contributed by atoms with Crippen LogP contribution in [0.4, 0.5) is 0 Å². The highest BCUT2D eigenvalue weighted by Crippen LogP contribution is 2.22. The Bertz CT molecular complexity index is 693. The van der Waals surface area contributed by atoms with Crippen molar-refractivity contribution in [3.05, 3.63) is 36.7 Å². The van der Waals surface area contributed by atoms with Gasteiger partial charge in [-0.1, -0.05) is 12.1 Å². The van der Waals surface area contributed by atoms with Gasteiger partial charge in [0.25, 0.3) is 0 Å². The molecule has 1 atom stereocenters. The zero-order valence-corrected chi connectivity index (χ0v) is 15.1. The van der Waals surface area contributed by atoms with Crippen LogP contribution in [0.1, 0.15) is 39.0 Å². The fourth-order valence-corrected chi connectivity index (χ4v) is 3.34. The number of likely N-dealkylation sites (tertiary alicyclic amines) is 1. The molecule has 5 heteroatoms. The van der Waals surface area contributed by atoms with Crippen molar-refractivity contribution in [2.24, 2.45) is 7.05 Å². The predicted molar refractivity (Wildman–Crippen MR) is 98.4 cm³/mol. The molecule has 0 saturated carbocycles. The van der Waals surface area contributed by atoms with E-state index in [0.29, 0.717) is 19.1 Å². The maximum atomic E-state index is 12.3. The van der Waals surface area contributed by atoms with Crippen LogP contribution >= 0.6 is 0 Å². The van der Waals surface area contributed by atoms with Crippen molar-refractivity contribution in [2.45, 2.75) is 45.1 Å². The van der Waals surface area contributed by atoms with E-state index >= 15 is 0 Å². The van der Waals surface area contributed by atoms with Crippen LogP contribution in [0.3, 0.4) is 0 Å². The van der Waals surface area contributed by atoms with Gasteiger partial charge in [0.05, 0.1) is 12.8 Å². The lowest BCUT2D eigenvalue weighted by molar-refractivity contribution is -0.134. The van der Waals surface area contributed by atoms with E-state index in [0.717, 1.165) is 42.7 Å². The lowest BCUT2D eigenvalue weighted by atomic mass is 10.0. The standard InChI is InChI=1S/C20H27N3O2/c1-16-6-3-4-12-23(16)20(24)7-5-13-25-19-10-8-17(9-11-19)18-14-21-22(2)15-18/h8-11,14-16H,3-7,12-13H2,1-2H3/t16-/m0/s1. The normalized spacial score (nSPS) is 17.5. The monoisotopic (exact) mass is 341 g/mol. The van der Waals surface area contributed by atoms with Crippen LogP contribution in [-0.4, -0.2) is 39.8 Å². The summed E-state index contributed by atoms with van der Waals surface area (Å²) in [4.78, 5) is 14.3. The minimum Gasteiger partial charge on any atom is -0.494 e. The minimum atomic E-state index is 0.266. The predicted octanol–water partition coefficient (Wildman–Crippen LogP) is 3.65. The van der Waals surface area contributed by atoms with Gasteiger partial charge in [0.1, 0.15) is 5.75 Å². The first-order chi connectivity index (χ1) is 12.1. The minimum absolute atomic E-state index is 0.266. The number of benzene rings is 1. The molecule has 1 aromatic heterocycles. The van der Waals surface area contributed by atoms with E-state index in [-0.39, 0.29) is 5.91 Å². The molecule has 1 aliphatic heterocycles. The Balaban J connectivity index is 1.42. The third-order valence-electron chi connectivity index (χ3n) is 4.82. The quantitative estimate of drug-likeness (QED) is 0.754. The molecule has 1 aromatic carbocycles. The molecule has 2 heterocycles. The lowest BCUT2D eigenvalue weighted by Gasteiger charge is -2.33. The van der Waals surface area contributed by atoms with E-state index in [1.54, 1.807) is 4.68 Å². The number of aryl methyl sites for hydroxylation is 1. The van der Waals surface area contributed by atoms with Gasteiger partial charge >= 0.3 is 0 Å². The number of aromatic nitrogens is 2. The van der Waals surface area contributed by atoms with E-state index in [9.17, 15) is 4.79 Å². The molecule has 134 valence electrons. The van der Waals surface area contributed by atoms with Gasteiger partial charge in [-0.25, -0.2) is 0 Å². The molecular formula is C20H27N3O2. The number of piperidine rings is 1. The van der Waals surface area contributed by atoms with Crippen LogP contribution in [0, 0.1) is 0 Å². The van der Waals surface area contributed by atoms with Crippen LogP contribution in [0.5, 0.6) is 5.75 Å². The Morgan fingerprint density at radius 1 is 1.24 bits per heavy atom. The number of nitrogens with zero attached hydrogens (tertiary/aromatic N) is 3. The number of ether oxygens (including phenoxy) is 1. The Labute approximate surface area is 149 Å². The summed E-state index contributed by atoms with van der Waals surface area (Å²) in [6.45, 7) is 3.63. The van der Waals surface area contributed by atoms with Crippen LogP contribution in [-0.2, 0) is 11.8 Å². The van der Waals surface area contributed by atoms with Crippen LogP contribution in [0.15, 0.2) is 36.7 Å². The lowest BCUT2D eigenvalue weighted by Crippen LogP contribution is -2.42. The van der Waals surface area contributed by atoms with Crippen molar-refractivity contribution in [1.82, 2.24) is 14.7 Å². The second kappa shape index (κ2) is 8.19. The van der Waals surface area contributed by atoms with Crippen molar-refractivity contribution in [2.75, 3.05) is 13.2 Å². The van der Waals surface area contributed by atoms with Crippen LogP contribution in [0.2, 0.25) is 0 Å². The Morgan fingerprint density at radius 3 is 2.72 bits per heavy atom. The van der Waals surface area contributed by atoms with Crippen molar-refractivity contribution in [3.8, 4) is 16.9 Å². The third kappa shape index (κ3) is 4.62. The van der Waals surface area contributed by atoms with Crippen molar-refractivity contribution < 1.29 is 9.53 Å². The Morgan fingerprint density at radius 2 is 2.04 bits per heavy atom. The molecule has 1 amide bonds. The molecule has 5 nitrogen and oxygen atoms in total. The summed E-state index contributed by atoms with van der Waals surface area (Å²) in [5.74, 6) is 1.11. The summed E-state index contributed by atoms with van der Waals surface area (Å²) >= 11 is 0. The molecule has 25 heavy (non-hydrogen) atoms. The molecular weight excluding hydrogens is 314 g/mol. The molecule has 0 bridgehead atoms. The molecule has 1 aliphatic rings. The maximum Gasteiger partial charge on any atom is 0.222 e. The summed E-state index contributed by atoms with van der Waals surface area (Å²) in [6.07, 6.45) is 8.67. The number of hydrogen-bond acceptors (Lipinski definition) is 3. The van der Waals surface area contributed by atoms with Gasteiger partial charge in [-0.2, -0.15) is 5.10 Å². The SMILES string of the molecule is C[C@H]1CCCCN1C(=O)CCCOc1ccc(-c2cnn(C)c2)cc1. The first kappa shape index (κ1) is 17.5. The van der Waals surface area contributed by atoms with Crippen LogP contribution in [0.25, 0.3) is 11.1 Å². The van der Waals surface area contributed by atoms with Gasteiger partial charge in [-0.05, 0) is 50.3 Å². The maximum absolute atomic E-state index is 12.3. The van der Waals surface area contributed by atoms with Crippen molar-refractivity contribution in [1.29, 1.82) is 0 Å². The van der Waals surface area contributed by atoms with Gasteiger partial charge < -0.3 is 9.64 Å². The van der Waals surface area contributed by atoms with Gasteiger partial charge in [-0.3, -0.25) is 9.48 Å². The molecule has 1 fully saturated rings. The average Bonchev–Trinajstić information content (AvgIpc) is 3.06. The zero-order chi connectivity index (χ0) is 17.6. The van der Waals surface area contributed by atoms with Crippen molar-refractivity contribution in [3.63, 3.8) is 0 Å². The molecule has 0 spiro atoms. The van der Waals surface area contributed by atoms with Crippen LogP contribution < -0.4 is 4.74 Å². The van der Waals surface area contributed by atoms with Gasteiger partial charge in [0.2, 0.25) is 5.91 Å². The van der Waals surface area contributed by atoms with E-state index < -0.39 is 0 Å². The van der Waals surface area contributed by atoms with Crippen molar-refractivity contribution >= 4 is 5.91 Å². The number of carbonyl (C=O) groups excluding carboxylic acids is 1. The third-order valence-corrected chi connectivity index (χ3v) is 4.82. The molecule has 0 N–H and O–H groups in total.